The zero-order valence-corrected chi connectivity index (χ0v) is 15.5. The minimum absolute atomic E-state index is 0.0952. The third-order valence-electron chi connectivity index (χ3n) is 4.92. The van der Waals surface area contributed by atoms with E-state index in [4.69, 9.17) is 16.2 Å². The molecule has 8 nitrogen and oxygen atoms in total. The fourth-order valence-corrected chi connectivity index (χ4v) is 3.73. The van der Waals surface area contributed by atoms with Gasteiger partial charge in [-0.1, -0.05) is 6.42 Å². The van der Waals surface area contributed by atoms with Gasteiger partial charge in [-0.15, -0.1) is 0 Å². The Morgan fingerprint density at radius 3 is 2.54 bits per heavy atom. The van der Waals surface area contributed by atoms with Gasteiger partial charge in [0.05, 0.1) is 12.8 Å². The van der Waals surface area contributed by atoms with E-state index < -0.39 is 5.66 Å². The standard InChI is InChI=1S/C18H26N6O2/c1-23(2)15(25)12-7-8-14(26-3)13(11-12)24-17(20)21-16(19)22-18(24)9-5-4-6-10-18/h7-8,11H,4-6,9-10H2,1-3H3,(H4,19,20,21,22). The number of methoxy groups -OCH3 is 1. The van der Waals surface area contributed by atoms with Crippen LogP contribution in [0, 0.1) is 0 Å². The molecule has 1 heterocycles. The molecule has 1 aromatic carbocycles. The normalized spacial score (nSPS) is 19.0. The number of rotatable bonds is 3. The molecule has 3 rings (SSSR count). The van der Waals surface area contributed by atoms with Crippen LogP contribution in [0.5, 0.6) is 5.75 Å². The van der Waals surface area contributed by atoms with E-state index in [0.717, 1.165) is 32.1 Å². The minimum Gasteiger partial charge on any atom is -0.495 e. The van der Waals surface area contributed by atoms with Gasteiger partial charge in [0.15, 0.2) is 0 Å². The number of benzene rings is 1. The van der Waals surface area contributed by atoms with E-state index in [1.165, 1.54) is 4.90 Å². The first-order chi connectivity index (χ1) is 12.4. The zero-order valence-electron chi connectivity index (χ0n) is 15.5. The molecule has 0 radical (unpaired) electrons. The van der Waals surface area contributed by atoms with Crippen molar-refractivity contribution in [2.75, 3.05) is 26.1 Å². The van der Waals surface area contributed by atoms with Crippen molar-refractivity contribution < 1.29 is 9.53 Å². The number of guanidine groups is 2. The average molecular weight is 358 g/mol. The molecule has 0 aromatic heterocycles. The number of hydrogen-bond donors (Lipinski definition) is 2. The van der Waals surface area contributed by atoms with E-state index >= 15 is 0 Å². The van der Waals surface area contributed by atoms with Gasteiger partial charge in [-0.05, 0) is 43.9 Å². The Bertz CT molecular complexity index is 765. The molecule has 140 valence electrons. The molecule has 1 saturated carbocycles. The summed E-state index contributed by atoms with van der Waals surface area (Å²) >= 11 is 0. The van der Waals surface area contributed by atoms with Crippen molar-refractivity contribution in [3.63, 3.8) is 0 Å². The number of carbonyl (C=O) groups excluding carboxylic acids is 1. The summed E-state index contributed by atoms with van der Waals surface area (Å²) in [7, 11) is 5.03. The maximum absolute atomic E-state index is 12.4. The molecule has 1 amide bonds. The predicted molar refractivity (Wildman–Crippen MR) is 103 cm³/mol. The minimum atomic E-state index is -0.582. The van der Waals surface area contributed by atoms with Crippen LogP contribution in [0.4, 0.5) is 5.69 Å². The number of nitrogens with two attached hydrogens (primary N) is 2. The Kier molecular flexibility index (Phi) is 4.76. The van der Waals surface area contributed by atoms with Gasteiger partial charge in [0, 0.05) is 19.7 Å². The Labute approximate surface area is 153 Å². The molecule has 0 saturated heterocycles. The molecule has 1 aliphatic heterocycles. The van der Waals surface area contributed by atoms with Gasteiger partial charge in [0.2, 0.25) is 11.9 Å². The molecule has 8 heteroatoms. The number of ether oxygens (including phenoxy) is 1. The number of carbonyl (C=O) groups is 1. The predicted octanol–water partition coefficient (Wildman–Crippen LogP) is 1.51. The Hall–Kier alpha value is -2.77. The number of anilines is 1. The van der Waals surface area contributed by atoms with Gasteiger partial charge in [0.25, 0.3) is 5.91 Å². The molecule has 0 bridgehead atoms. The van der Waals surface area contributed by atoms with E-state index in [1.807, 2.05) is 4.90 Å². The number of hydrogen-bond acceptors (Lipinski definition) is 7. The van der Waals surface area contributed by atoms with Crippen molar-refractivity contribution in [2.45, 2.75) is 37.8 Å². The molecule has 1 spiro atoms. The number of nitrogens with zero attached hydrogens (tertiary/aromatic N) is 4. The lowest BCUT2D eigenvalue weighted by Gasteiger charge is -2.46. The van der Waals surface area contributed by atoms with Crippen LogP contribution < -0.4 is 21.1 Å². The summed E-state index contributed by atoms with van der Waals surface area (Å²) in [5, 5.41) is 0. The third-order valence-corrected chi connectivity index (χ3v) is 4.92. The summed E-state index contributed by atoms with van der Waals surface area (Å²) in [5.41, 5.74) is 12.9. The van der Waals surface area contributed by atoms with Crippen LogP contribution in [0.2, 0.25) is 0 Å². The molecule has 1 aliphatic carbocycles. The average Bonchev–Trinajstić information content (AvgIpc) is 2.60. The van der Waals surface area contributed by atoms with E-state index in [0.29, 0.717) is 17.0 Å². The van der Waals surface area contributed by atoms with Crippen molar-refractivity contribution in [3.8, 4) is 5.75 Å². The van der Waals surface area contributed by atoms with Gasteiger partial charge in [-0.2, -0.15) is 4.99 Å². The molecule has 2 aliphatic rings. The van der Waals surface area contributed by atoms with Crippen LogP contribution in [0.15, 0.2) is 28.2 Å². The molecule has 1 fully saturated rings. The highest BCUT2D eigenvalue weighted by atomic mass is 16.5. The number of amides is 1. The van der Waals surface area contributed by atoms with Gasteiger partial charge < -0.3 is 21.1 Å². The summed E-state index contributed by atoms with van der Waals surface area (Å²) in [5.74, 6) is 0.980. The first-order valence-electron chi connectivity index (χ1n) is 8.77. The monoisotopic (exact) mass is 358 g/mol. The SMILES string of the molecule is COc1ccc(C(=O)N(C)C)cc1N1C(N)=NC(N)=NC12CCCCC2. The maximum Gasteiger partial charge on any atom is 0.253 e. The Morgan fingerprint density at radius 2 is 1.92 bits per heavy atom. The molecular weight excluding hydrogens is 332 g/mol. The van der Waals surface area contributed by atoms with Crippen molar-refractivity contribution in [1.82, 2.24) is 4.90 Å². The van der Waals surface area contributed by atoms with Crippen LogP contribution in [-0.4, -0.2) is 49.6 Å². The maximum atomic E-state index is 12.4. The Balaban J connectivity index is 2.14. The van der Waals surface area contributed by atoms with E-state index in [2.05, 4.69) is 9.98 Å². The highest BCUT2D eigenvalue weighted by Gasteiger charge is 2.43. The summed E-state index contributed by atoms with van der Waals surface area (Å²) in [6, 6.07) is 5.31. The van der Waals surface area contributed by atoms with Gasteiger partial charge in [-0.3, -0.25) is 9.69 Å². The molecule has 0 atom stereocenters. The molecule has 0 unspecified atom stereocenters. The lowest BCUT2D eigenvalue weighted by Crippen LogP contribution is -2.58. The van der Waals surface area contributed by atoms with Crippen molar-refractivity contribution in [3.05, 3.63) is 23.8 Å². The van der Waals surface area contributed by atoms with Crippen LogP contribution >= 0.6 is 0 Å². The molecule has 4 N–H and O–H groups in total. The fraction of sp³-hybridized carbons (Fsp3) is 0.500. The largest absolute Gasteiger partial charge is 0.495 e. The highest BCUT2D eigenvalue weighted by Crippen LogP contribution is 2.42. The summed E-state index contributed by atoms with van der Waals surface area (Å²) in [6.07, 6.45) is 4.84. The molecule has 26 heavy (non-hydrogen) atoms. The van der Waals surface area contributed by atoms with Crippen LogP contribution in [0.25, 0.3) is 0 Å². The second kappa shape index (κ2) is 6.86. The lowest BCUT2D eigenvalue weighted by atomic mass is 9.87. The van der Waals surface area contributed by atoms with Crippen molar-refractivity contribution in [1.29, 1.82) is 0 Å². The van der Waals surface area contributed by atoms with E-state index in [-0.39, 0.29) is 17.8 Å². The van der Waals surface area contributed by atoms with Gasteiger partial charge >= 0.3 is 0 Å². The first kappa shape index (κ1) is 18.0. The zero-order chi connectivity index (χ0) is 18.9. The molecular formula is C18H26N6O2. The first-order valence-corrected chi connectivity index (χ1v) is 8.77. The van der Waals surface area contributed by atoms with Crippen molar-refractivity contribution in [2.24, 2.45) is 21.5 Å². The van der Waals surface area contributed by atoms with E-state index in [1.54, 1.807) is 39.4 Å². The van der Waals surface area contributed by atoms with Gasteiger partial charge in [-0.25, -0.2) is 4.99 Å². The second-order valence-corrected chi connectivity index (χ2v) is 6.90. The van der Waals surface area contributed by atoms with Crippen LogP contribution in [-0.2, 0) is 0 Å². The Morgan fingerprint density at radius 1 is 1.23 bits per heavy atom. The van der Waals surface area contributed by atoms with Crippen LogP contribution in [0.1, 0.15) is 42.5 Å². The second-order valence-electron chi connectivity index (χ2n) is 6.90. The number of aliphatic imine (C=N–C) groups is 2. The lowest BCUT2D eigenvalue weighted by molar-refractivity contribution is 0.0827. The quantitative estimate of drug-likeness (QED) is 0.851. The summed E-state index contributed by atoms with van der Waals surface area (Å²) in [4.78, 5) is 24.7. The van der Waals surface area contributed by atoms with E-state index in [9.17, 15) is 4.79 Å². The summed E-state index contributed by atoms with van der Waals surface area (Å²) < 4.78 is 5.55. The topological polar surface area (TPSA) is 110 Å². The smallest absolute Gasteiger partial charge is 0.253 e. The van der Waals surface area contributed by atoms with Gasteiger partial charge in [0.1, 0.15) is 11.4 Å². The van der Waals surface area contributed by atoms with Crippen molar-refractivity contribution >= 4 is 23.5 Å². The highest BCUT2D eigenvalue weighted by molar-refractivity contribution is 6.07. The molecule has 1 aromatic rings. The summed E-state index contributed by atoms with van der Waals surface area (Å²) in [6.45, 7) is 0. The third kappa shape index (κ3) is 3.07. The van der Waals surface area contributed by atoms with Crippen LogP contribution in [0.3, 0.4) is 0 Å². The fourth-order valence-electron chi connectivity index (χ4n) is 3.73.